The van der Waals surface area contributed by atoms with Gasteiger partial charge in [-0.05, 0) is 24.5 Å². The fourth-order valence-corrected chi connectivity index (χ4v) is 4.59. The number of carbonyl (C=O) groups is 1. The van der Waals surface area contributed by atoms with Crippen LogP contribution in [0.3, 0.4) is 0 Å². The number of sulfone groups is 1. The van der Waals surface area contributed by atoms with Gasteiger partial charge in [-0.15, -0.1) is 0 Å². The van der Waals surface area contributed by atoms with Crippen molar-refractivity contribution in [3.63, 3.8) is 0 Å². The standard InChI is InChI=1S/C14H18O4S/c15-14(16)13-9-5-4-6-11(13)10-19(17,18)12-7-2-1-3-8-12/h4-6,9,12H,1-3,7-8,10H2,(H,15,16). The van der Waals surface area contributed by atoms with Crippen molar-refractivity contribution in [2.45, 2.75) is 43.1 Å². The van der Waals surface area contributed by atoms with E-state index in [1.165, 1.54) is 6.07 Å². The van der Waals surface area contributed by atoms with E-state index < -0.39 is 15.8 Å². The van der Waals surface area contributed by atoms with Crippen LogP contribution in [0.5, 0.6) is 0 Å². The maximum absolute atomic E-state index is 12.3. The van der Waals surface area contributed by atoms with Crippen LogP contribution in [-0.4, -0.2) is 24.7 Å². The monoisotopic (exact) mass is 282 g/mol. The molecule has 0 spiro atoms. The Balaban J connectivity index is 2.22. The Kier molecular flexibility index (Phi) is 4.24. The van der Waals surface area contributed by atoms with Crippen molar-refractivity contribution in [2.75, 3.05) is 0 Å². The summed E-state index contributed by atoms with van der Waals surface area (Å²) < 4.78 is 24.7. The molecule has 1 aromatic rings. The molecule has 0 aliphatic heterocycles. The predicted octanol–water partition coefficient (Wildman–Crippen LogP) is 2.63. The van der Waals surface area contributed by atoms with Crippen LogP contribution >= 0.6 is 0 Å². The first-order chi connectivity index (χ1) is 9.00. The Morgan fingerprint density at radius 2 is 1.79 bits per heavy atom. The van der Waals surface area contributed by atoms with Gasteiger partial charge in [-0.25, -0.2) is 13.2 Å². The van der Waals surface area contributed by atoms with Crippen LogP contribution < -0.4 is 0 Å². The summed E-state index contributed by atoms with van der Waals surface area (Å²) in [6, 6.07) is 6.33. The zero-order valence-electron chi connectivity index (χ0n) is 10.7. The molecular formula is C14H18O4S. The van der Waals surface area contributed by atoms with Gasteiger partial charge in [0.2, 0.25) is 0 Å². The third kappa shape index (κ3) is 3.35. The van der Waals surface area contributed by atoms with Crippen LogP contribution in [0.15, 0.2) is 24.3 Å². The molecule has 1 fully saturated rings. The molecule has 1 aromatic carbocycles. The molecule has 1 saturated carbocycles. The molecular weight excluding hydrogens is 264 g/mol. The fraction of sp³-hybridized carbons (Fsp3) is 0.500. The van der Waals surface area contributed by atoms with E-state index in [2.05, 4.69) is 0 Å². The van der Waals surface area contributed by atoms with Gasteiger partial charge in [0.05, 0.1) is 16.6 Å². The first kappa shape index (κ1) is 14.1. The highest BCUT2D eigenvalue weighted by molar-refractivity contribution is 7.91. The largest absolute Gasteiger partial charge is 0.478 e. The number of rotatable bonds is 4. The highest BCUT2D eigenvalue weighted by Crippen LogP contribution is 2.26. The number of carboxylic acid groups (broad SMARTS) is 1. The number of hydrogen-bond acceptors (Lipinski definition) is 3. The average Bonchev–Trinajstić information content (AvgIpc) is 2.39. The molecule has 4 nitrogen and oxygen atoms in total. The summed E-state index contributed by atoms with van der Waals surface area (Å²) in [7, 11) is -3.26. The fourth-order valence-electron chi connectivity index (χ4n) is 2.61. The van der Waals surface area contributed by atoms with Crippen LogP contribution in [0.2, 0.25) is 0 Å². The minimum atomic E-state index is -3.26. The van der Waals surface area contributed by atoms with Crippen molar-refractivity contribution in [3.05, 3.63) is 35.4 Å². The summed E-state index contributed by atoms with van der Waals surface area (Å²) >= 11 is 0. The molecule has 0 heterocycles. The maximum Gasteiger partial charge on any atom is 0.335 e. The summed E-state index contributed by atoms with van der Waals surface area (Å²) in [6.07, 6.45) is 4.40. The van der Waals surface area contributed by atoms with Gasteiger partial charge in [-0.1, -0.05) is 37.5 Å². The summed E-state index contributed by atoms with van der Waals surface area (Å²) in [6.45, 7) is 0. The molecule has 0 bridgehead atoms. The van der Waals surface area contributed by atoms with Crippen molar-refractivity contribution in [1.82, 2.24) is 0 Å². The molecule has 2 rings (SSSR count). The first-order valence-corrected chi connectivity index (χ1v) is 8.25. The van der Waals surface area contributed by atoms with E-state index in [-0.39, 0.29) is 16.6 Å². The highest BCUT2D eigenvalue weighted by Gasteiger charge is 2.28. The molecule has 19 heavy (non-hydrogen) atoms. The van der Waals surface area contributed by atoms with Crippen LogP contribution in [0.1, 0.15) is 48.0 Å². The van der Waals surface area contributed by atoms with Crippen molar-refractivity contribution >= 4 is 15.8 Å². The van der Waals surface area contributed by atoms with E-state index in [0.717, 1.165) is 19.3 Å². The van der Waals surface area contributed by atoms with Crippen LogP contribution in [0, 0.1) is 0 Å². The van der Waals surface area contributed by atoms with Gasteiger partial charge in [-0.3, -0.25) is 0 Å². The van der Waals surface area contributed by atoms with Crippen molar-refractivity contribution < 1.29 is 18.3 Å². The predicted molar refractivity (Wildman–Crippen MR) is 72.9 cm³/mol. The lowest BCUT2D eigenvalue weighted by Crippen LogP contribution is -2.26. The van der Waals surface area contributed by atoms with E-state index in [0.29, 0.717) is 18.4 Å². The van der Waals surface area contributed by atoms with Crippen LogP contribution in [0.4, 0.5) is 0 Å². The quantitative estimate of drug-likeness (QED) is 0.921. The van der Waals surface area contributed by atoms with Gasteiger partial charge in [0.25, 0.3) is 0 Å². The zero-order valence-corrected chi connectivity index (χ0v) is 11.5. The third-order valence-corrected chi connectivity index (χ3v) is 5.87. The van der Waals surface area contributed by atoms with Gasteiger partial charge in [0.1, 0.15) is 0 Å². The highest BCUT2D eigenvalue weighted by atomic mass is 32.2. The lowest BCUT2D eigenvalue weighted by atomic mass is 10.0. The van der Waals surface area contributed by atoms with Gasteiger partial charge in [-0.2, -0.15) is 0 Å². The van der Waals surface area contributed by atoms with E-state index in [1.54, 1.807) is 18.2 Å². The summed E-state index contributed by atoms with van der Waals surface area (Å²) in [5.41, 5.74) is 0.474. The molecule has 0 saturated heterocycles. The molecule has 0 atom stereocenters. The number of carboxylic acids is 1. The Morgan fingerprint density at radius 3 is 2.42 bits per heavy atom. The number of benzene rings is 1. The molecule has 1 aliphatic carbocycles. The van der Waals surface area contributed by atoms with Crippen molar-refractivity contribution in [1.29, 1.82) is 0 Å². The molecule has 0 unspecified atom stereocenters. The second-order valence-corrected chi connectivity index (χ2v) is 7.31. The maximum atomic E-state index is 12.3. The molecule has 0 amide bonds. The minimum Gasteiger partial charge on any atom is -0.478 e. The SMILES string of the molecule is O=C(O)c1ccccc1CS(=O)(=O)C1CCCCC1. The summed E-state index contributed by atoms with van der Waals surface area (Å²) in [5, 5.41) is 8.78. The van der Waals surface area contributed by atoms with Crippen molar-refractivity contribution in [3.8, 4) is 0 Å². The van der Waals surface area contributed by atoms with Crippen LogP contribution in [0.25, 0.3) is 0 Å². The normalized spacial score (nSPS) is 17.3. The molecule has 0 aromatic heterocycles. The topological polar surface area (TPSA) is 71.4 Å². The molecule has 1 N–H and O–H groups in total. The van der Waals surface area contributed by atoms with Gasteiger partial charge in [0, 0.05) is 0 Å². The van der Waals surface area contributed by atoms with Gasteiger partial charge >= 0.3 is 5.97 Å². The Morgan fingerprint density at radius 1 is 1.16 bits per heavy atom. The first-order valence-electron chi connectivity index (χ1n) is 6.53. The minimum absolute atomic E-state index is 0.0851. The van der Waals surface area contributed by atoms with E-state index in [4.69, 9.17) is 5.11 Å². The van der Waals surface area contributed by atoms with Crippen molar-refractivity contribution in [2.24, 2.45) is 0 Å². The van der Waals surface area contributed by atoms with Gasteiger partial charge in [0.15, 0.2) is 9.84 Å². The Labute approximate surface area is 113 Å². The lowest BCUT2D eigenvalue weighted by Gasteiger charge is -2.22. The summed E-state index contributed by atoms with van der Waals surface area (Å²) in [4.78, 5) is 11.1. The molecule has 5 heteroatoms. The third-order valence-electron chi connectivity index (χ3n) is 3.66. The molecule has 104 valence electrons. The molecule has 1 aliphatic rings. The Bertz CT molecular complexity index is 557. The van der Waals surface area contributed by atoms with Gasteiger partial charge < -0.3 is 5.11 Å². The summed E-state index contributed by atoms with van der Waals surface area (Å²) in [5.74, 6) is -1.24. The second kappa shape index (κ2) is 5.74. The van der Waals surface area contributed by atoms with E-state index in [9.17, 15) is 13.2 Å². The van der Waals surface area contributed by atoms with Crippen LogP contribution in [-0.2, 0) is 15.6 Å². The molecule has 0 radical (unpaired) electrons. The number of aromatic carboxylic acids is 1. The van der Waals surface area contributed by atoms with E-state index in [1.807, 2.05) is 0 Å². The lowest BCUT2D eigenvalue weighted by molar-refractivity contribution is 0.0696. The smallest absolute Gasteiger partial charge is 0.335 e. The Hall–Kier alpha value is -1.36. The zero-order chi connectivity index (χ0) is 13.9. The van der Waals surface area contributed by atoms with E-state index >= 15 is 0 Å². The second-order valence-electron chi connectivity index (χ2n) is 5.03. The number of hydrogen-bond donors (Lipinski definition) is 1. The average molecular weight is 282 g/mol.